The molecule has 2 aliphatic rings. The quantitative estimate of drug-likeness (QED) is 0.746. The Labute approximate surface area is 148 Å². The molecule has 0 saturated heterocycles. The molecule has 0 aromatic heterocycles. The van der Waals surface area contributed by atoms with Crippen molar-refractivity contribution >= 4 is 11.7 Å². The van der Waals surface area contributed by atoms with E-state index in [2.05, 4.69) is 49.5 Å². The molecule has 3 heteroatoms. The first-order valence-electron chi connectivity index (χ1n) is 8.95. The van der Waals surface area contributed by atoms with Crippen LogP contribution in [0.25, 0.3) is 0 Å². The van der Waals surface area contributed by atoms with Gasteiger partial charge in [0.2, 0.25) is 0 Å². The smallest absolute Gasteiger partial charge is 0.335 e. The van der Waals surface area contributed by atoms with Gasteiger partial charge in [-0.2, -0.15) is 0 Å². The summed E-state index contributed by atoms with van der Waals surface area (Å²) in [5.74, 6) is 0.551. The number of rotatable bonds is 3. The highest BCUT2D eigenvalue weighted by atomic mass is 16.4. The number of anilines is 1. The van der Waals surface area contributed by atoms with Crippen LogP contribution in [-0.4, -0.2) is 11.1 Å². The Hall–Kier alpha value is -2.55. The van der Waals surface area contributed by atoms with Gasteiger partial charge in [0.05, 0.1) is 11.6 Å². The third-order valence-corrected chi connectivity index (χ3v) is 5.57. The average molecular weight is 333 g/mol. The third-order valence-electron chi connectivity index (χ3n) is 5.57. The number of carbonyl (C=O) groups is 1. The average Bonchev–Trinajstić information content (AvgIpc) is 3.10. The van der Waals surface area contributed by atoms with Gasteiger partial charge in [-0.05, 0) is 53.1 Å². The molecule has 2 N–H and O–H groups in total. The van der Waals surface area contributed by atoms with Crippen molar-refractivity contribution < 1.29 is 9.90 Å². The molecule has 3 nitrogen and oxygen atoms in total. The van der Waals surface area contributed by atoms with Crippen LogP contribution in [0.5, 0.6) is 0 Å². The molecule has 4 rings (SSSR count). The van der Waals surface area contributed by atoms with Crippen molar-refractivity contribution in [1.29, 1.82) is 0 Å². The van der Waals surface area contributed by atoms with Crippen LogP contribution in [0, 0.1) is 5.92 Å². The van der Waals surface area contributed by atoms with Gasteiger partial charge in [0.15, 0.2) is 0 Å². The van der Waals surface area contributed by atoms with Crippen LogP contribution in [0.2, 0.25) is 0 Å². The molecule has 1 aliphatic carbocycles. The second kappa shape index (κ2) is 6.07. The molecule has 2 aromatic rings. The van der Waals surface area contributed by atoms with Gasteiger partial charge in [-0.15, -0.1) is 0 Å². The summed E-state index contributed by atoms with van der Waals surface area (Å²) in [5, 5.41) is 12.8. The van der Waals surface area contributed by atoms with Gasteiger partial charge in [0, 0.05) is 11.6 Å². The number of carboxylic acid groups (broad SMARTS) is 1. The molecule has 3 unspecified atom stereocenters. The maximum atomic E-state index is 11.1. The van der Waals surface area contributed by atoms with Crippen molar-refractivity contribution in [2.24, 2.45) is 5.92 Å². The second-order valence-corrected chi connectivity index (χ2v) is 7.40. The fourth-order valence-electron chi connectivity index (χ4n) is 4.14. The molecule has 0 radical (unpaired) electrons. The van der Waals surface area contributed by atoms with Crippen LogP contribution >= 0.6 is 0 Å². The van der Waals surface area contributed by atoms with E-state index in [0.717, 1.165) is 12.0 Å². The minimum Gasteiger partial charge on any atom is -0.478 e. The minimum absolute atomic E-state index is 0.209. The SMILES string of the molecule is CC(C)c1ccc2c(c1)C1C=CCC1C(c1ccc(C(=O)O)cc1)N2. The van der Waals surface area contributed by atoms with Gasteiger partial charge in [-0.25, -0.2) is 4.79 Å². The third kappa shape index (κ3) is 2.74. The van der Waals surface area contributed by atoms with Crippen molar-refractivity contribution in [1.82, 2.24) is 0 Å². The minimum atomic E-state index is -0.880. The highest BCUT2D eigenvalue weighted by Crippen LogP contribution is 2.50. The highest BCUT2D eigenvalue weighted by Gasteiger charge is 2.37. The van der Waals surface area contributed by atoms with Crippen LogP contribution in [0.1, 0.15) is 65.2 Å². The van der Waals surface area contributed by atoms with Crippen LogP contribution in [0.3, 0.4) is 0 Å². The van der Waals surface area contributed by atoms with E-state index in [-0.39, 0.29) is 6.04 Å². The largest absolute Gasteiger partial charge is 0.478 e. The molecule has 3 atom stereocenters. The fourth-order valence-corrected chi connectivity index (χ4v) is 4.14. The van der Waals surface area contributed by atoms with E-state index in [1.165, 1.54) is 16.8 Å². The van der Waals surface area contributed by atoms with E-state index >= 15 is 0 Å². The lowest BCUT2D eigenvalue weighted by Crippen LogP contribution is -2.29. The van der Waals surface area contributed by atoms with Crippen LogP contribution in [0.4, 0.5) is 5.69 Å². The summed E-state index contributed by atoms with van der Waals surface area (Å²) in [5.41, 5.74) is 5.46. The van der Waals surface area contributed by atoms with Crippen LogP contribution in [-0.2, 0) is 0 Å². The molecule has 0 bridgehead atoms. The second-order valence-electron chi connectivity index (χ2n) is 7.40. The topological polar surface area (TPSA) is 49.3 Å². The van der Waals surface area contributed by atoms with Gasteiger partial charge < -0.3 is 10.4 Å². The van der Waals surface area contributed by atoms with E-state index in [0.29, 0.717) is 23.3 Å². The Morgan fingerprint density at radius 1 is 1.16 bits per heavy atom. The lowest BCUT2D eigenvalue weighted by molar-refractivity contribution is 0.0697. The van der Waals surface area contributed by atoms with E-state index in [1.54, 1.807) is 12.1 Å². The predicted molar refractivity (Wildman–Crippen MR) is 100 cm³/mol. The number of aromatic carboxylic acids is 1. The predicted octanol–water partition coefficient (Wildman–Crippen LogP) is 5.33. The molecule has 0 amide bonds. The lowest BCUT2D eigenvalue weighted by atomic mass is 9.76. The lowest BCUT2D eigenvalue weighted by Gasteiger charge is -2.38. The number of benzene rings is 2. The van der Waals surface area contributed by atoms with Gasteiger partial charge >= 0.3 is 5.97 Å². The number of fused-ring (bicyclic) bond motifs is 3. The summed E-state index contributed by atoms with van der Waals surface area (Å²) < 4.78 is 0. The summed E-state index contributed by atoms with van der Waals surface area (Å²) in [6, 6.07) is 14.3. The zero-order valence-corrected chi connectivity index (χ0v) is 14.6. The maximum Gasteiger partial charge on any atom is 0.335 e. The van der Waals surface area contributed by atoms with Gasteiger partial charge in [0.25, 0.3) is 0 Å². The number of hydrogen-bond donors (Lipinski definition) is 2. The molecular formula is C22H23NO2. The van der Waals surface area contributed by atoms with E-state index in [9.17, 15) is 4.79 Å². The fraction of sp³-hybridized carbons (Fsp3) is 0.318. The summed E-state index contributed by atoms with van der Waals surface area (Å²) in [7, 11) is 0. The molecule has 128 valence electrons. The van der Waals surface area contributed by atoms with Gasteiger partial charge in [-0.1, -0.05) is 50.3 Å². The summed E-state index contributed by atoms with van der Waals surface area (Å²) in [4.78, 5) is 11.1. The molecule has 25 heavy (non-hydrogen) atoms. The molecule has 2 aromatic carbocycles. The van der Waals surface area contributed by atoms with Crippen LogP contribution in [0.15, 0.2) is 54.6 Å². The van der Waals surface area contributed by atoms with Gasteiger partial charge in [0.1, 0.15) is 0 Å². The first-order chi connectivity index (χ1) is 12.0. The highest BCUT2D eigenvalue weighted by molar-refractivity contribution is 5.87. The zero-order valence-electron chi connectivity index (χ0n) is 14.6. The number of hydrogen-bond acceptors (Lipinski definition) is 2. The molecule has 1 aliphatic heterocycles. The number of carboxylic acids is 1. The zero-order chi connectivity index (χ0) is 17.6. The summed E-state index contributed by atoms with van der Waals surface area (Å²) in [6.45, 7) is 4.46. The Kier molecular flexibility index (Phi) is 3.87. The molecule has 0 saturated carbocycles. The van der Waals surface area contributed by atoms with Gasteiger partial charge in [-0.3, -0.25) is 0 Å². The van der Waals surface area contributed by atoms with Crippen molar-refractivity contribution in [3.63, 3.8) is 0 Å². The standard InChI is InChI=1S/C22H23NO2/c1-13(2)16-10-11-20-19(12-16)17-4-3-5-18(17)21(23-20)14-6-8-15(9-7-14)22(24)25/h3-4,6-13,17-18,21,23H,5H2,1-2H3,(H,24,25). The first kappa shape index (κ1) is 15.9. The normalized spacial score (nSPS) is 23.9. The Morgan fingerprint density at radius 2 is 1.92 bits per heavy atom. The monoisotopic (exact) mass is 333 g/mol. The van der Waals surface area contributed by atoms with E-state index in [4.69, 9.17) is 5.11 Å². The van der Waals surface area contributed by atoms with Crippen LogP contribution < -0.4 is 5.32 Å². The maximum absolute atomic E-state index is 11.1. The molecule has 1 heterocycles. The van der Waals surface area contributed by atoms with Crippen molar-refractivity contribution in [2.75, 3.05) is 5.32 Å². The number of nitrogens with one attached hydrogen (secondary N) is 1. The Bertz CT molecular complexity index is 836. The molecule has 0 spiro atoms. The van der Waals surface area contributed by atoms with E-state index < -0.39 is 5.97 Å². The Balaban J connectivity index is 1.71. The molecular weight excluding hydrogens is 310 g/mol. The first-order valence-corrected chi connectivity index (χ1v) is 8.95. The summed E-state index contributed by atoms with van der Waals surface area (Å²) in [6.07, 6.45) is 5.67. The van der Waals surface area contributed by atoms with Crippen molar-refractivity contribution in [3.05, 3.63) is 76.9 Å². The van der Waals surface area contributed by atoms with Crippen molar-refractivity contribution in [3.8, 4) is 0 Å². The Morgan fingerprint density at radius 3 is 2.60 bits per heavy atom. The van der Waals surface area contributed by atoms with E-state index in [1.807, 2.05) is 12.1 Å². The summed E-state index contributed by atoms with van der Waals surface area (Å²) >= 11 is 0. The molecule has 0 fully saturated rings. The number of allylic oxidation sites excluding steroid dienone is 2. The van der Waals surface area contributed by atoms with Crippen molar-refractivity contribution in [2.45, 2.75) is 38.1 Å².